The first kappa shape index (κ1) is 14.7. The second-order valence-electron chi connectivity index (χ2n) is 5.76. The van der Waals surface area contributed by atoms with Crippen LogP contribution >= 0.6 is 0 Å². The van der Waals surface area contributed by atoms with Crippen LogP contribution < -0.4 is 5.32 Å². The Labute approximate surface area is 113 Å². The Morgan fingerprint density at radius 1 is 1.37 bits per heavy atom. The summed E-state index contributed by atoms with van der Waals surface area (Å²) in [6, 6.07) is 0.355. The van der Waals surface area contributed by atoms with Crippen molar-refractivity contribution in [1.82, 2.24) is 5.32 Å². The minimum atomic E-state index is -3.29. The molecule has 0 amide bonds. The average molecular weight is 275 g/mol. The van der Waals surface area contributed by atoms with Gasteiger partial charge in [-0.2, -0.15) is 8.78 Å². The summed E-state index contributed by atoms with van der Waals surface area (Å²) in [6.45, 7) is 2.46. The Morgan fingerprint density at radius 3 is 2.58 bits per heavy atom. The van der Waals surface area contributed by atoms with Crippen molar-refractivity contribution < 1.29 is 18.3 Å². The highest BCUT2D eigenvalue weighted by molar-refractivity contribution is 5.79. The van der Waals surface area contributed by atoms with E-state index in [0.717, 1.165) is 6.42 Å². The summed E-state index contributed by atoms with van der Waals surface area (Å²) >= 11 is 0. The summed E-state index contributed by atoms with van der Waals surface area (Å²) in [6.07, 6.45) is 6.08. The Balaban J connectivity index is 1.78. The monoisotopic (exact) mass is 275 g/mol. The third-order valence-corrected chi connectivity index (χ3v) is 4.32. The van der Waals surface area contributed by atoms with Crippen molar-refractivity contribution in [3.63, 3.8) is 0 Å². The fourth-order valence-electron chi connectivity index (χ4n) is 3.23. The summed E-state index contributed by atoms with van der Waals surface area (Å²) in [5.74, 6) is -4.03. The molecule has 5 heteroatoms. The van der Waals surface area contributed by atoms with E-state index in [1.165, 1.54) is 32.1 Å². The molecule has 1 aliphatic heterocycles. The first-order chi connectivity index (χ1) is 9.03. The first-order valence-electron chi connectivity index (χ1n) is 7.35. The molecule has 2 fully saturated rings. The zero-order valence-corrected chi connectivity index (χ0v) is 11.5. The molecule has 0 aromatic heterocycles. The SMILES string of the molecule is CCC(NCC1CC(F)(F)C(=O)O1)C1CCCCC1. The van der Waals surface area contributed by atoms with E-state index in [1.807, 2.05) is 0 Å². The second kappa shape index (κ2) is 6.16. The van der Waals surface area contributed by atoms with Gasteiger partial charge in [0.2, 0.25) is 0 Å². The van der Waals surface area contributed by atoms with Crippen LogP contribution in [0.25, 0.3) is 0 Å². The van der Waals surface area contributed by atoms with Crippen LogP contribution in [0.3, 0.4) is 0 Å². The number of cyclic esters (lactones) is 1. The van der Waals surface area contributed by atoms with Crippen LogP contribution in [0.1, 0.15) is 51.9 Å². The van der Waals surface area contributed by atoms with Crippen LogP contribution in [-0.4, -0.2) is 30.6 Å². The minimum Gasteiger partial charge on any atom is -0.456 e. The smallest absolute Gasteiger partial charge is 0.377 e. The van der Waals surface area contributed by atoms with Gasteiger partial charge in [-0.15, -0.1) is 0 Å². The second-order valence-corrected chi connectivity index (χ2v) is 5.76. The zero-order valence-electron chi connectivity index (χ0n) is 11.5. The quantitative estimate of drug-likeness (QED) is 0.784. The van der Waals surface area contributed by atoms with Gasteiger partial charge in [0.15, 0.2) is 0 Å². The number of hydrogen-bond donors (Lipinski definition) is 1. The lowest BCUT2D eigenvalue weighted by Crippen LogP contribution is -2.41. The minimum absolute atomic E-state index is 0.344. The van der Waals surface area contributed by atoms with Gasteiger partial charge in [0.25, 0.3) is 0 Å². The van der Waals surface area contributed by atoms with E-state index in [1.54, 1.807) is 0 Å². The lowest BCUT2D eigenvalue weighted by atomic mass is 9.83. The molecule has 1 saturated carbocycles. The molecule has 3 nitrogen and oxygen atoms in total. The number of ether oxygens (including phenoxy) is 1. The summed E-state index contributed by atoms with van der Waals surface area (Å²) in [5.41, 5.74) is 0. The Bertz CT molecular complexity index is 317. The van der Waals surface area contributed by atoms with Crippen LogP contribution in [0.5, 0.6) is 0 Å². The van der Waals surface area contributed by atoms with E-state index in [4.69, 9.17) is 4.74 Å². The molecule has 110 valence electrons. The molecule has 1 N–H and O–H groups in total. The van der Waals surface area contributed by atoms with Gasteiger partial charge in [0.1, 0.15) is 6.10 Å². The predicted molar refractivity (Wildman–Crippen MR) is 68.1 cm³/mol. The summed E-state index contributed by atoms with van der Waals surface area (Å²) < 4.78 is 30.8. The van der Waals surface area contributed by atoms with Gasteiger partial charge in [0.05, 0.1) is 6.42 Å². The van der Waals surface area contributed by atoms with Gasteiger partial charge < -0.3 is 10.1 Å². The fourth-order valence-corrected chi connectivity index (χ4v) is 3.23. The van der Waals surface area contributed by atoms with Gasteiger partial charge in [-0.3, -0.25) is 0 Å². The Morgan fingerprint density at radius 2 is 2.05 bits per heavy atom. The highest BCUT2D eigenvalue weighted by Crippen LogP contribution is 2.31. The number of alkyl halides is 2. The molecule has 1 heterocycles. The summed E-state index contributed by atoms with van der Waals surface area (Å²) in [7, 11) is 0. The van der Waals surface area contributed by atoms with E-state index in [-0.39, 0.29) is 0 Å². The third kappa shape index (κ3) is 3.65. The number of halogens is 2. The maximum Gasteiger partial charge on any atom is 0.377 e. The number of esters is 1. The third-order valence-electron chi connectivity index (χ3n) is 4.32. The van der Waals surface area contributed by atoms with Crippen molar-refractivity contribution >= 4 is 5.97 Å². The molecule has 2 aliphatic rings. The van der Waals surface area contributed by atoms with Crippen molar-refractivity contribution in [3.8, 4) is 0 Å². The number of carbonyl (C=O) groups excluding carboxylic acids is 1. The number of rotatable bonds is 5. The van der Waals surface area contributed by atoms with Gasteiger partial charge in [-0.05, 0) is 25.2 Å². The standard InChI is InChI=1S/C14H23F2NO2/c1-2-12(10-6-4-3-5-7-10)17-9-11-8-14(15,16)13(18)19-11/h10-12,17H,2-9H2,1H3. The molecule has 0 radical (unpaired) electrons. The van der Waals surface area contributed by atoms with Crippen molar-refractivity contribution in [2.75, 3.05) is 6.54 Å². The highest BCUT2D eigenvalue weighted by Gasteiger charge is 2.50. The van der Waals surface area contributed by atoms with E-state index < -0.39 is 24.4 Å². The molecule has 2 rings (SSSR count). The van der Waals surface area contributed by atoms with E-state index in [9.17, 15) is 13.6 Å². The molecule has 19 heavy (non-hydrogen) atoms. The molecule has 0 aromatic rings. The molecular weight excluding hydrogens is 252 g/mol. The van der Waals surface area contributed by atoms with Crippen molar-refractivity contribution in [1.29, 1.82) is 0 Å². The van der Waals surface area contributed by atoms with E-state index >= 15 is 0 Å². The van der Waals surface area contributed by atoms with Gasteiger partial charge in [0, 0.05) is 12.6 Å². The molecule has 2 unspecified atom stereocenters. The molecule has 1 aliphatic carbocycles. The maximum absolute atomic E-state index is 13.0. The highest BCUT2D eigenvalue weighted by atomic mass is 19.3. The molecule has 0 bridgehead atoms. The summed E-state index contributed by atoms with van der Waals surface area (Å²) in [4.78, 5) is 10.9. The summed E-state index contributed by atoms with van der Waals surface area (Å²) in [5, 5.41) is 3.33. The number of nitrogens with one attached hydrogen (secondary N) is 1. The van der Waals surface area contributed by atoms with Crippen LogP contribution in [0.2, 0.25) is 0 Å². The Hall–Kier alpha value is -0.710. The van der Waals surface area contributed by atoms with Crippen molar-refractivity contribution in [2.24, 2.45) is 5.92 Å². The fraction of sp³-hybridized carbons (Fsp3) is 0.929. The molecule has 2 atom stereocenters. The molecule has 0 spiro atoms. The molecule has 1 saturated heterocycles. The van der Waals surface area contributed by atoms with Crippen molar-refractivity contribution in [3.05, 3.63) is 0 Å². The van der Waals surface area contributed by atoms with E-state index in [2.05, 4.69) is 12.2 Å². The van der Waals surface area contributed by atoms with Crippen LogP contribution in [-0.2, 0) is 9.53 Å². The normalized spacial score (nSPS) is 29.2. The number of carbonyl (C=O) groups is 1. The molecule has 0 aromatic carbocycles. The Kier molecular flexibility index (Phi) is 4.76. The average Bonchev–Trinajstić information content (AvgIpc) is 2.65. The van der Waals surface area contributed by atoms with Crippen LogP contribution in [0.4, 0.5) is 8.78 Å². The van der Waals surface area contributed by atoms with Crippen LogP contribution in [0.15, 0.2) is 0 Å². The zero-order chi connectivity index (χ0) is 13.9. The van der Waals surface area contributed by atoms with Gasteiger partial charge in [-0.1, -0.05) is 26.2 Å². The maximum atomic E-state index is 13.0. The van der Waals surface area contributed by atoms with Crippen LogP contribution in [0, 0.1) is 5.92 Å². The van der Waals surface area contributed by atoms with E-state index in [0.29, 0.717) is 18.5 Å². The topological polar surface area (TPSA) is 38.3 Å². The van der Waals surface area contributed by atoms with Gasteiger partial charge in [-0.25, -0.2) is 4.79 Å². The largest absolute Gasteiger partial charge is 0.456 e. The first-order valence-corrected chi connectivity index (χ1v) is 7.35. The lowest BCUT2D eigenvalue weighted by molar-refractivity contribution is -0.159. The lowest BCUT2D eigenvalue weighted by Gasteiger charge is -2.31. The van der Waals surface area contributed by atoms with Crippen molar-refractivity contribution in [2.45, 2.75) is 69.9 Å². The molecular formula is C14H23F2NO2. The predicted octanol–water partition coefficient (Wildman–Crippen LogP) is 2.89. The number of hydrogen-bond acceptors (Lipinski definition) is 3. The van der Waals surface area contributed by atoms with Gasteiger partial charge >= 0.3 is 11.9 Å².